The highest BCUT2D eigenvalue weighted by molar-refractivity contribution is 7.98. The first-order valence-corrected chi connectivity index (χ1v) is 12.8. The number of carbonyl (C=O) groups excluding carboxylic acids is 4. The number of alkyl carbamates (subject to hydrolysis) is 1. The number of benzene rings is 1. The fourth-order valence-corrected chi connectivity index (χ4v) is 4.00. The second kappa shape index (κ2) is 14.3. The topological polar surface area (TPSA) is 138 Å². The number of nitrogens with one attached hydrogen (secondary N) is 2. The molecule has 0 aliphatic carbocycles. The van der Waals surface area contributed by atoms with Crippen LogP contribution in [0.15, 0.2) is 18.2 Å². The Balaban J connectivity index is 3.50. The minimum atomic E-state index is -1.22. The molecule has 0 bridgehead atoms. The molecule has 0 aliphatic heterocycles. The van der Waals surface area contributed by atoms with Crippen molar-refractivity contribution in [2.45, 2.75) is 58.7 Å². The van der Waals surface area contributed by atoms with Gasteiger partial charge in [-0.1, -0.05) is 18.2 Å². The SMILES string of the molecule is COC(=O)CNC(=O)C(c1c(C)cccc1C)N(CC#N)C(=O)C(CCSC)NC(=O)OC(C)(C)C. The van der Waals surface area contributed by atoms with E-state index in [1.807, 2.05) is 18.4 Å². The smallest absolute Gasteiger partial charge is 0.408 e. The first kappa shape index (κ1) is 30.8. The molecule has 0 aromatic heterocycles. The van der Waals surface area contributed by atoms with Crippen molar-refractivity contribution in [1.82, 2.24) is 15.5 Å². The third-order valence-corrected chi connectivity index (χ3v) is 5.78. The number of aryl methyl sites for hydroxylation is 2. The van der Waals surface area contributed by atoms with E-state index >= 15 is 0 Å². The Morgan fingerprint density at radius 3 is 2.28 bits per heavy atom. The molecule has 36 heavy (non-hydrogen) atoms. The van der Waals surface area contributed by atoms with E-state index in [9.17, 15) is 24.4 Å². The summed E-state index contributed by atoms with van der Waals surface area (Å²) in [7, 11) is 1.20. The van der Waals surface area contributed by atoms with Crippen LogP contribution in [0.4, 0.5) is 4.79 Å². The molecule has 2 unspecified atom stereocenters. The van der Waals surface area contributed by atoms with Crippen LogP contribution in [0.2, 0.25) is 0 Å². The maximum absolute atomic E-state index is 13.8. The van der Waals surface area contributed by atoms with Crippen LogP contribution in [0.5, 0.6) is 0 Å². The summed E-state index contributed by atoms with van der Waals surface area (Å²) in [6.45, 7) is 7.87. The highest BCUT2D eigenvalue weighted by Crippen LogP contribution is 2.28. The van der Waals surface area contributed by atoms with Gasteiger partial charge >= 0.3 is 12.1 Å². The average Bonchev–Trinajstić information content (AvgIpc) is 2.79. The molecule has 0 heterocycles. The fourth-order valence-electron chi connectivity index (χ4n) is 3.53. The Morgan fingerprint density at radius 2 is 1.78 bits per heavy atom. The van der Waals surface area contributed by atoms with Crippen molar-refractivity contribution in [3.8, 4) is 6.07 Å². The maximum Gasteiger partial charge on any atom is 0.408 e. The minimum absolute atomic E-state index is 0.254. The quantitative estimate of drug-likeness (QED) is 0.335. The lowest BCUT2D eigenvalue weighted by molar-refractivity contribution is -0.144. The van der Waals surface area contributed by atoms with E-state index in [2.05, 4.69) is 15.4 Å². The summed E-state index contributed by atoms with van der Waals surface area (Å²) >= 11 is 1.48. The fraction of sp³-hybridized carbons (Fsp3) is 0.560. The number of thioether (sulfide) groups is 1. The Kier molecular flexibility index (Phi) is 12.3. The highest BCUT2D eigenvalue weighted by Gasteiger charge is 2.37. The Bertz CT molecular complexity index is 965. The largest absolute Gasteiger partial charge is 0.468 e. The van der Waals surface area contributed by atoms with Crippen molar-refractivity contribution >= 4 is 35.6 Å². The molecule has 0 saturated heterocycles. The van der Waals surface area contributed by atoms with Gasteiger partial charge in [0.1, 0.15) is 30.8 Å². The van der Waals surface area contributed by atoms with Gasteiger partial charge in [0, 0.05) is 0 Å². The minimum Gasteiger partial charge on any atom is -0.468 e. The van der Waals surface area contributed by atoms with Gasteiger partial charge < -0.3 is 25.0 Å². The number of nitriles is 1. The molecule has 1 aromatic carbocycles. The number of rotatable bonds is 11. The summed E-state index contributed by atoms with van der Waals surface area (Å²) < 4.78 is 9.93. The zero-order valence-corrected chi connectivity index (χ0v) is 22.8. The molecule has 0 saturated carbocycles. The van der Waals surface area contributed by atoms with Crippen molar-refractivity contribution in [1.29, 1.82) is 5.26 Å². The van der Waals surface area contributed by atoms with Gasteiger partial charge in [-0.05, 0) is 69.7 Å². The van der Waals surface area contributed by atoms with Gasteiger partial charge in [-0.25, -0.2) is 4.79 Å². The molecular weight excluding hydrogens is 484 g/mol. The van der Waals surface area contributed by atoms with Gasteiger partial charge in [-0.3, -0.25) is 14.4 Å². The number of hydrogen-bond acceptors (Lipinski definition) is 8. The van der Waals surface area contributed by atoms with Crippen LogP contribution in [0.1, 0.15) is 49.9 Å². The monoisotopic (exact) mass is 520 g/mol. The first-order chi connectivity index (χ1) is 16.9. The molecule has 2 N–H and O–H groups in total. The molecular formula is C25H36N4O6S. The van der Waals surface area contributed by atoms with E-state index in [0.29, 0.717) is 11.3 Å². The van der Waals surface area contributed by atoms with E-state index in [-0.39, 0.29) is 6.42 Å². The lowest BCUT2D eigenvalue weighted by Crippen LogP contribution is -2.53. The van der Waals surface area contributed by atoms with E-state index in [1.165, 1.54) is 18.9 Å². The average molecular weight is 521 g/mol. The summed E-state index contributed by atoms with van der Waals surface area (Å²) in [5.74, 6) is -1.39. The van der Waals surface area contributed by atoms with Crippen molar-refractivity contribution < 1.29 is 28.7 Å². The standard InChI is InChI=1S/C25H36N4O6S/c1-16-9-8-10-17(2)20(16)21(22(31)27-15-19(30)34-6)29(13-12-26)23(32)18(11-14-36-7)28-24(33)35-25(3,4)5/h8-10,18,21H,11,13-15H2,1-7H3,(H,27,31)(H,28,33). The van der Waals surface area contributed by atoms with E-state index < -0.39 is 54.7 Å². The summed E-state index contributed by atoms with van der Waals surface area (Å²) in [6, 6.07) is 5.10. The summed E-state index contributed by atoms with van der Waals surface area (Å²) in [5, 5.41) is 14.7. The Labute approximate surface area is 217 Å². The van der Waals surface area contributed by atoms with Gasteiger partial charge in [-0.2, -0.15) is 17.0 Å². The second-order valence-corrected chi connectivity index (χ2v) is 10.1. The summed E-state index contributed by atoms with van der Waals surface area (Å²) in [5.41, 5.74) is 1.21. The molecule has 11 heteroatoms. The maximum atomic E-state index is 13.8. The zero-order chi connectivity index (χ0) is 27.5. The van der Waals surface area contributed by atoms with Crippen LogP contribution in [0.3, 0.4) is 0 Å². The number of methoxy groups -OCH3 is 1. The normalized spacial score (nSPS) is 12.5. The lowest BCUT2D eigenvalue weighted by Gasteiger charge is -2.34. The second-order valence-electron chi connectivity index (χ2n) is 9.11. The van der Waals surface area contributed by atoms with Gasteiger partial charge in [-0.15, -0.1) is 0 Å². The van der Waals surface area contributed by atoms with Crippen molar-refractivity contribution in [2.24, 2.45) is 0 Å². The number of amides is 3. The molecule has 0 aliphatic rings. The molecule has 2 atom stereocenters. The molecule has 1 rings (SSSR count). The Hall–Kier alpha value is -3.26. The van der Waals surface area contributed by atoms with Gasteiger partial charge in [0.15, 0.2) is 0 Å². The predicted molar refractivity (Wildman–Crippen MR) is 137 cm³/mol. The molecule has 3 amide bonds. The molecule has 10 nitrogen and oxygen atoms in total. The first-order valence-electron chi connectivity index (χ1n) is 11.4. The number of carbonyl (C=O) groups is 4. The van der Waals surface area contributed by atoms with Crippen LogP contribution >= 0.6 is 11.8 Å². The number of esters is 1. The van der Waals surface area contributed by atoms with Gasteiger partial charge in [0.2, 0.25) is 11.8 Å². The third kappa shape index (κ3) is 9.41. The van der Waals surface area contributed by atoms with Crippen LogP contribution in [-0.4, -0.2) is 72.6 Å². The van der Waals surface area contributed by atoms with Gasteiger partial charge in [0.25, 0.3) is 0 Å². The molecule has 1 aromatic rings. The van der Waals surface area contributed by atoms with Crippen molar-refractivity contribution in [3.63, 3.8) is 0 Å². The van der Waals surface area contributed by atoms with Crippen molar-refractivity contribution in [2.75, 3.05) is 32.2 Å². The summed E-state index contributed by atoms with van der Waals surface area (Å²) in [4.78, 5) is 52.5. The van der Waals surface area contributed by atoms with Crippen molar-refractivity contribution in [3.05, 3.63) is 34.9 Å². The molecule has 198 valence electrons. The lowest BCUT2D eigenvalue weighted by atomic mass is 9.93. The van der Waals surface area contributed by atoms with Gasteiger partial charge in [0.05, 0.1) is 13.2 Å². The number of hydrogen-bond donors (Lipinski definition) is 2. The summed E-state index contributed by atoms with van der Waals surface area (Å²) in [6.07, 6.45) is 1.34. The number of ether oxygens (including phenoxy) is 2. The van der Waals surface area contributed by atoms with Crippen LogP contribution in [-0.2, 0) is 23.9 Å². The number of nitrogens with zero attached hydrogens (tertiary/aromatic N) is 2. The van der Waals surface area contributed by atoms with Crippen LogP contribution in [0.25, 0.3) is 0 Å². The third-order valence-electron chi connectivity index (χ3n) is 5.13. The van der Waals surface area contributed by atoms with E-state index in [4.69, 9.17) is 4.74 Å². The molecule has 0 radical (unpaired) electrons. The zero-order valence-electron chi connectivity index (χ0n) is 22.0. The molecule has 0 fully saturated rings. The Morgan fingerprint density at radius 1 is 1.17 bits per heavy atom. The molecule has 0 spiro atoms. The van der Waals surface area contributed by atoms with E-state index in [0.717, 1.165) is 16.0 Å². The highest BCUT2D eigenvalue weighted by atomic mass is 32.2. The predicted octanol–water partition coefficient (Wildman–Crippen LogP) is 2.63. The van der Waals surface area contributed by atoms with E-state index in [1.54, 1.807) is 46.8 Å². The van der Waals surface area contributed by atoms with Crippen LogP contribution < -0.4 is 10.6 Å². The van der Waals surface area contributed by atoms with Crippen LogP contribution in [0, 0.1) is 25.2 Å².